The third-order valence-electron chi connectivity index (χ3n) is 3.69. The first kappa shape index (κ1) is 13.9. The molecule has 0 bridgehead atoms. The number of amides is 1. The third-order valence-corrected chi connectivity index (χ3v) is 3.69. The maximum Gasteiger partial charge on any atom is 0.231 e. The van der Waals surface area contributed by atoms with Crippen molar-refractivity contribution in [2.75, 3.05) is 29.4 Å². The monoisotopic (exact) mass is 260 g/mol. The lowest BCUT2D eigenvalue weighted by atomic mass is 10.1. The molecule has 0 saturated carbocycles. The molecule has 3 nitrogen and oxygen atoms in total. The van der Waals surface area contributed by atoms with Gasteiger partial charge in [-0.1, -0.05) is 19.9 Å². The minimum Gasteiger partial charge on any atom is -0.371 e. The molecule has 0 spiro atoms. The van der Waals surface area contributed by atoms with E-state index in [0.717, 1.165) is 38.2 Å². The van der Waals surface area contributed by atoms with Crippen LogP contribution in [-0.2, 0) is 11.2 Å². The number of carbonyl (C=O) groups excluding carboxylic acids is 1. The lowest BCUT2D eigenvalue weighted by molar-refractivity contribution is -0.117. The minimum absolute atomic E-state index is 0.234. The number of carbonyl (C=O) groups is 1. The topological polar surface area (TPSA) is 23.6 Å². The quantitative estimate of drug-likeness (QED) is 0.784. The Labute approximate surface area is 116 Å². The summed E-state index contributed by atoms with van der Waals surface area (Å²) in [4.78, 5) is 16.4. The fraction of sp³-hybridized carbons (Fsp3) is 0.562. The smallest absolute Gasteiger partial charge is 0.231 e. The molecule has 1 aliphatic heterocycles. The molecule has 1 aromatic rings. The highest BCUT2D eigenvalue weighted by Crippen LogP contribution is 2.36. The van der Waals surface area contributed by atoms with Crippen LogP contribution in [0.3, 0.4) is 0 Å². The van der Waals surface area contributed by atoms with E-state index in [1.807, 2.05) is 11.8 Å². The molecule has 19 heavy (non-hydrogen) atoms. The van der Waals surface area contributed by atoms with Crippen molar-refractivity contribution in [3.8, 4) is 0 Å². The van der Waals surface area contributed by atoms with E-state index in [0.29, 0.717) is 6.42 Å². The van der Waals surface area contributed by atoms with Gasteiger partial charge in [0.1, 0.15) is 0 Å². The van der Waals surface area contributed by atoms with Gasteiger partial charge in [-0.2, -0.15) is 0 Å². The van der Waals surface area contributed by atoms with Crippen LogP contribution in [0.1, 0.15) is 39.2 Å². The van der Waals surface area contributed by atoms with Crippen molar-refractivity contribution < 1.29 is 4.79 Å². The van der Waals surface area contributed by atoms with E-state index in [4.69, 9.17) is 0 Å². The lowest BCUT2D eigenvalue weighted by Gasteiger charge is -2.26. The van der Waals surface area contributed by atoms with Gasteiger partial charge in [0.05, 0.1) is 6.42 Å². The number of fused-ring (bicyclic) bond motifs is 1. The summed E-state index contributed by atoms with van der Waals surface area (Å²) in [5.41, 5.74) is 3.59. The first-order valence-electron chi connectivity index (χ1n) is 7.40. The van der Waals surface area contributed by atoms with Crippen molar-refractivity contribution >= 4 is 17.3 Å². The molecule has 0 N–H and O–H groups in total. The van der Waals surface area contributed by atoms with Gasteiger partial charge in [0.2, 0.25) is 5.91 Å². The lowest BCUT2D eigenvalue weighted by Crippen LogP contribution is -2.26. The number of hydrogen-bond donors (Lipinski definition) is 0. The van der Waals surface area contributed by atoms with Crippen LogP contribution in [0.2, 0.25) is 0 Å². The molecule has 0 aliphatic carbocycles. The van der Waals surface area contributed by atoms with Crippen molar-refractivity contribution in [2.24, 2.45) is 0 Å². The van der Waals surface area contributed by atoms with E-state index in [2.05, 4.69) is 36.9 Å². The van der Waals surface area contributed by atoms with Gasteiger partial charge in [-0.15, -0.1) is 0 Å². The van der Waals surface area contributed by atoms with Gasteiger partial charge in [0.25, 0.3) is 0 Å². The Morgan fingerprint density at radius 3 is 2.42 bits per heavy atom. The van der Waals surface area contributed by atoms with E-state index in [9.17, 15) is 4.79 Å². The zero-order chi connectivity index (χ0) is 13.8. The first-order chi connectivity index (χ1) is 9.22. The summed E-state index contributed by atoms with van der Waals surface area (Å²) in [5.74, 6) is 0.234. The molecule has 1 amide bonds. The highest BCUT2D eigenvalue weighted by molar-refractivity contribution is 6.03. The summed E-state index contributed by atoms with van der Waals surface area (Å²) in [6, 6.07) is 6.31. The molecule has 1 heterocycles. The molecule has 0 radical (unpaired) electrons. The second kappa shape index (κ2) is 6.09. The normalized spacial score (nSPS) is 13.8. The Kier molecular flexibility index (Phi) is 4.46. The Morgan fingerprint density at radius 2 is 1.84 bits per heavy atom. The molecule has 1 aliphatic rings. The fourth-order valence-electron chi connectivity index (χ4n) is 2.91. The molecule has 2 rings (SSSR count). The van der Waals surface area contributed by atoms with Gasteiger partial charge in [-0.25, -0.2) is 0 Å². The molecule has 0 fully saturated rings. The average Bonchev–Trinajstić information content (AvgIpc) is 2.73. The van der Waals surface area contributed by atoms with Crippen LogP contribution in [0.4, 0.5) is 11.4 Å². The van der Waals surface area contributed by atoms with E-state index in [-0.39, 0.29) is 5.91 Å². The summed E-state index contributed by atoms with van der Waals surface area (Å²) < 4.78 is 0. The maximum absolute atomic E-state index is 12.1. The number of nitrogens with zero attached hydrogens (tertiary/aromatic N) is 2. The molecular formula is C16H24N2O. The van der Waals surface area contributed by atoms with Crippen LogP contribution in [-0.4, -0.2) is 25.5 Å². The Morgan fingerprint density at radius 1 is 1.16 bits per heavy atom. The zero-order valence-electron chi connectivity index (χ0n) is 12.3. The van der Waals surface area contributed by atoms with Crippen LogP contribution in [0.25, 0.3) is 0 Å². The Balaban J connectivity index is 2.38. The van der Waals surface area contributed by atoms with Crippen LogP contribution >= 0.6 is 0 Å². The molecule has 104 valence electrons. The average molecular weight is 260 g/mol. The van der Waals surface area contributed by atoms with E-state index >= 15 is 0 Å². The Bertz CT molecular complexity index is 450. The molecule has 0 saturated heterocycles. The summed E-state index contributed by atoms with van der Waals surface area (Å²) in [7, 11) is 0. The van der Waals surface area contributed by atoms with Crippen LogP contribution in [0.15, 0.2) is 18.2 Å². The number of benzene rings is 1. The van der Waals surface area contributed by atoms with Gasteiger partial charge < -0.3 is 9.80 Å². The van der Waals surface area contributed by atoms with Gasteiger partial charge in [0.15, 0.2) is 0 Å². The first-order valence-corrected chi connectivity index (χ1v) is 7.40. The van der Waals surface area contributed by atoms with Crippen molar-refractivity contribution in [2.45, 2.75) is 40.0 Å². The standard InChI is InChI=1S/C16H24N2O/c1-4-10-17(11-5-2)14-8-7-9-15-13(14)12-16(19)18(15)6-3/h7-9H,4-6,10-12H2,1-3H3. The molecule has 3 heteroatoms. The highest BCUT2D eigenvalue weighted by Gasteiger charge is 2.29. The van der Waals surface area contributed by atoms with Crippen molar-refractivity contribution in [3.63, 3.8) is 0 Å². The largest absolute Gasteiger partial charge is 0.371 e. The number of likely N-dealkylation sites (N-methyl/N-ethyl adjacent to an activating group) is 1. The Hall–Kier alpha value is -1.51. The molecule has 0 aromatic heterocycles. The van der Waals surface area contributed by atoms with Gasteiger partial charge >= 0.3 is 0 Å². The zero-order valence-corrected chi connectivity index (χ0v) is 12.3. The third kappa shape index (κ3) is 2.60. The van der Waals surface area contributed by atoms with E-state index in [1.165, 1.54) is 11.3 Å². The van der Waals surface area contributed by atoms with Crippen molar-refractivity contribution in [1.82, 2.24) is 0 Å². The predicted molar refractivity (Wildman–Crippen MR) is 81.0 cm³/mol. The second-order valence-corrected chi connectivity index (χ2v) is 5.08. The SMILES string of the molecule is CCCN(CCC)c1cccc2c1CC(=O)N2CC. The van der Waals surface area contributed by atoms with Crippen LogP contribution in [0.5, 0.6) is 0 Å². The number of anilines is 2. The summed E-state index contributed by atoms with van der Waals surface area (Å²) in [5, 5.41) is 0. The minimum atomic E-state index is 0.234. The summed E-state index contributed by atoms with van der Waals surface area (Å²) in [6.07, 6.45) is 2.83. The van der Waals surface area contributed by atoms with Crippen molar-refractivity contribution in [3.05, 3.63) is 23.8 Å². The maximum atomic E-state index is 12.1. The summed E-state index contributed by atoms with van der Waals surface area (Å²) in [6.45, 7) is 9.33. The molecular weight excluding hydrogens is 236 g/mol. The molecule has 0 unspecified atom stereocenters. The molecule has 1 aromatic carbocycles. The molecule has 0 atom stereocenters. The van der Waals surface area contributed by atoms with Crippen molar-refractivity contribution in [1.29, 1.82) is 0 Å². The number of hydrogen-bond acceptors (Lipinski definition) is 2. The van der Waals surface area contributed by atoms with Crippen LogP contribution < -0.4 is 9.80 Å². The number of rotatable bonds is 6. The van der Waals surface area contributed by atoms with Crippen LogP contribution in [0, 0.1) is 0 Å². The summed E-state index contributed by atoms with van der Waals surface area (Å²) >= 11 is 0. The highest BCUT2D eigenvalue weighted by atomic mass is 16.2. The van der Waals surface area contributed by atoms with Gasteiger partial charge in [-0.05, 0) is 31.9 Å². The van der Waals surface area contributed by atoms with E-state index < -0.39 is 0 Å². The fourth-order valence-corrected chi connectivity index (χ4v) is 2.91. The van der Waals surface area contributed by atoms with Gasteiger partial charge in [-0.3, -0.25) is 4.79 Å². The predicted octanol–water partition coefficient (Wildman–Crippen LogP) is 3.22. The second-order valence-electron chi connectivity index (χ2n) is 5.08. The van der Waals surface area contributed by atoms with E-state index in [1.54, 1.807) is 0 Å². The van der Waals surface area contributed by atoms with Gasteiger partial charge in [0, 0.05) is 36.6 Å².